The van der Waals surface area contributed by atoms with Crippen molar-refractivity contribution in [1.29, 1.82) is 0 Å². The molecule has 15 nitrogen and oxygen atoms in total. The number of ether oxygens (including phenoxy) is 2. The number of anilines is 5. The van der Waals surface area contributed by atoms with Crippen LogP contribution in [0.15, 0.2) is 42.5 Å². The number of amides is 1. The lowest BCUT2D eigenvalue weighted by Crippen LogP contribution is -2.53. The minimum Gasteiger partial charge on any atom is -0.395 e. The van der Waals surface area contributed by atoms with Crippen molar-refractivity contribution in [3.05, 3.63) is 48.0 Å². The van der Waals surface area contributed by atoms with Crippen LogP contribution in [0.25, 0.3) is 0 Å². The van der Waals surface area contributed by atoms with E-state index < -0.39 is 24.4 Å². The topological polar surface area (TPSA) is 220 Å². The highest BCUT2D eigenvalue weighted by molar-refractivity contribution is 6.11. The second-order valence-electron chi connectivity index (χ2n) is 11.6. The Morgan fingerprint density at radius 2 is 1.54 bits per heavy atom. The lowest BCUT2D eigenvalue weighted by atomic mass is 10.0. The standard InChI is InChI=1S/C29H34F2N10O5/c30-29(31)45-23-6-5-20(9-24(23)46-29)35-25(44)10-22(43)15-1-3-19(4-2-15)36-26-37-27(40-11-16(32)7-17(33)12-40)39-28(38-26)41-13-18(34)8-21(41)14-42/h1-6,9,16-18,21,42H,7-8,10-14,32-34H2,(H,35,44)(H,36,37,38,39)/t16-,17+,18-,21-/m0/s1. The van der Waals surface area contributed by atoms with E-state index >= 15 is 0 Å². The van der Waals surface area contributed by atoms with E-state index in [9.17, 15) is 23.5 Å². The number of aromatic nitrogens is 3. The van der Waals surface area contributed by atoms with Gasteiger partial charge in [-0.2, -0.15) is 15.0 Å². The van der Waals surface area contributed by atoms with Crippen molar-refractivity contribution >= 4 is 40.9 Å². The summed E-state index contributed by atoms with van der Waals surface area (Å²) in [6.45, 7) is 1.37. The first kappa shape index (κ1) is 31.3. The Morgan fingerprint density at radius 3 is 2.26 bits per heavy atom. The normalized spacial score (nSPS) is 23.3. The molecule has 3 aromatic rings. The van der Waals surface area contributed by atoms with Crippen molar-refractivity contribution in [2.75, 3.05) is 46.7 Å². The highest BCUT2D eigenvalue weighted by Crippen LogP contribution is 2.42. The van der Waals surface area contributed by atoms with Gasteiger partial charge in [0.2, 0.25) is 23.8 Å². The van der Waals surface area contributed by atoms with Crippen LogP contribution in [0.5, 0.6) is 11.5 Å². The van der Waals surface area contributed by atoms with Crippen LogP contribution in [-0.4, -0.2) is 88.5 Å². The zero-order valence-corrected chi connectivity index (χ0v) is 24.6. The number of aliphatic hydroxyl groups is 1. The van der Waals surface area contributed by atoms with Gasteiger partial charge in [0.05, 0.1) is 19.1 Å². The number of fused-ring (bicyclic) bond motifs is 1. The first-order valence-corrected chi connectivity index (χ1v) is 14.7. The lowest BCUT2D eigenvalue weighted by molar-refractivity contribution is -0.286. The number of ketones is 1. The summed E-state index contributed by atoms with van der Waals surface area (Å²) < 4.78 is 35.3. The molecular weight excluding hydrogens is 606 g/mol. The SMILES string of the molecule is N[C@@H]1C[C@H](N)CN(c2nc(Nc3ccc(C(=O)CC(=O)Nc4ccc5c(c4)OC(F)(F)O5)cc3)nc(N3C[C@@H](N)C[C@H]3CO)n2)C1. The molecule has 0 spiro atoms. The van der Waals surface area contributed by atoms with Gasteiger partial charge in [-0.15, -0.1) is 8.78 Å². The van der Waals surface area contributed by atoms with Gasteiger partial charge in [-0.25, -0.2) is 0 Å². The van der Waals surface area contributed by atoms with Crippen LogP contribution in [0.4, 0.5) is 38.0 Å². The summed E-state index contributed by atoms with van der Waals surface area (Å²) >= 11 is 0. The molecule has 0 radical (unpaired) electrons. The predicted molar refractivity (Wildman–Crippen MR) is 163 cm³/mol. The number of nitrogens with zero attached hydrogens (tertiary/aromatic N) is 5. The van der Waals surface area contributed by atoms with Crippen LogP contribution in [0, 0.1) is 0 Å². The molecule has 3 aliphatic heterocycles. The van der Waals surface area contributed by atoms with Crippen molar-refractivity contribution in [2.45, 2.75) is 49.7 Å². The summed E-state index contributed by atoms with van der Waals surface area (Å²) in [7, 11) is 0. The third-order valence-electron chi connectivity index (χ3n) is 7.79. The number of rotatable bonds is 9. The highest BCUT2D eigenvalue weighted by Gasteiger charge is 2.43. The zero-order chi connectivity index (χ0) is 32.6. The lowest BCUT2D eigenvalue weighted by Gasteiger charge is -2.35. The van der Waals surface area contributed by atoms with Crippen LogP contribution in [0.2, 0.25) is 0 Å². The molecule has 1 aromatic heterocycles. The number of carbonyl (C=O) groups is 2. The number of aliphatic hydroxyl groups excluding tert-OH is 1. The van der Waals surface area contributed by atoms with Crippen molar-refractivity contribution in [3.63, 3.8) is 0 Å². The molecule has 4 atom stereocenters. The molecule has 0 bridgehead atoms. The van der Waals surface area contributed by atoms with Gasteiger partial charge in [0.25, 0.3) is 0 Å². The number of piperidine rings is 1. The van der Waals surface area contributed by atoms with Gasteiger partial charge in [0.1, 0.15) is 0 Å². The highest BCUT2D eigenvalue weighted by atomic mass is 19.3. The van der Waals surface area contributed by atoms with Crippen molar-refractivity contribution < 1.29 is 33.0 Å². The first-order chi connectivity index (χ1) is 21.9. The van der Waals surface area contributed by atoms with Gasteiger partial charge in [-0.1, -0.05) is 0 Å². The maximum absolute atomic E-state index is 13.3. The smallest absolute Gasteiger partial charge is 0.395 e. The molecule has 9 N–H and O–H groups in total. The number of hydrogen-bond donors (Lipinski definition) is 6. The molecule has 0 aliphatic carbocycles. The summed E-state index contributed by atoms with van der Waals surface area (Å²) in [5.41, 5.74) is 19.6. The Kier molecular flexibility index (Phi) is 8.56. The summed E-state index contributed by atoms with van der Waals surface area (Å²) in [5.74, 6) is -0.528. The Balaban J connectivity index is 1.14. The molecule has 4 heterocycles. The zero-order valence-electron chi connectivity index (χ0n) is 24.6. The summed E-state index contributed by atoms with van der Waals surface area (Å²) in [6, 6.07) is 9.46. The molecule has 1 amide bonds. The number of carbonyl (C=O) groups excluding carboxylic acids is 2. The van der Waals surface area contributed by atoms with E-state index in [1.165, 1.54) is 18.2 Å². The van der Waals surface area contributed by atoms with Gasteiger partial charge in [0, 0.05) is 60.8 Å². The molecule has 46 heavy (non-hydrogen) atoms. The minimum absolute atomic E-state index is 0.111. The van der Waals surface area contributed by atoms with Crippen molar-refractivity contribution in [1.82, 2.24) is 15.0 Å². The third-order valence-corrected chi connectivity index (χ3v) is 7.79. The molecule has 0 saturated carbocycles. The van der Waals surface area contributed by atoms with E-state index in [4.69, 9.17) is 17.2 Å². The van der Waals surface area contributed by atoms with Crippen LogP contribution < -0.4 is 47.1 Å². The van der Waals surface area contributed by atoms with Crippen LogP contribution in [0.1, 0.15) is 29.6 Å². The molecule has 244 valence electrons. The second kappa shape index (κ2) is 12.6. The number of halogens is 2. The van der Waals surface area contributed by atoms with E-state index in [-0.39, 0.29) is 59.5 Å². The molecule has 2 saturated heterocycles. The van der Waals surface area contributed by atoms with E-state index in [2.05, 4.69) is 35.1 Å². The largest absolute Gasteiger partial charge is 0.586 e. The van der Waals surface area contributed by atoms with E-state index in [1.54, 1.807) is 24.3 Å². The maximum Gasteiger partial charge on any atom is 0.586 e. The van der Waals surface area contributed by atoms with Crippen LogP contribution in [0.3, 0.4) is 0 Å². The fourth-order valence-corrected chi connectivity index (χ4v) is 5.74. The van der Waals surface area contributed by atoms with Gasteiger partial charge < -0.3 is 52.2 Å². The average Bonchev–Trinajstić information content (AvgIpc) is 3.53. The Hall–Kier alpha value is -4.71. The van der Waals surface area contributed by atoms with Crippen molar-refractivity contribution in [3.8, 4) is 11.5 Å². The fraction of sp³-hybridized carbons (Fsp3) is 0.414. The predicted octanol–water partition coefficient (Wildman–Crippen LogP) is 0.911. The number of benzene rings is 2. The molecule has 17 heteroatoms. The number of Topliss-reactive ketones (excluding diaryl/α,β-unsaturated/α-hetero) is 1. The number of hydrogen-bond acceptors (Lipinski definition) is 14. The summed E-state index contributed by atoms with van der Waals surface area (Å²) in [4.78, 5) is 43.0. The number of alkyl halides is 2. The van der Waals surface area contributed by atoms with E-state index in [1.807, 2.05) is 9.80 Å². The Bertz CT molecular complexity index is 1600. The molecular formula is C29H34F2N10O5. The average molecular weight is 641 g/mol. The quantitative estimate of drug-likeness (QED) is 0.141. The molecule has 6 rings (SSSR count). The maximum atomic E-state index is 13.3. The summed E-state index contributed by atoms with van der Waals surface area (Å²) in [5, 5.41) is 15.6. The molecule has 3 aliphatic rings. The van der Waals surface area contributed by atoms with E-state index in [0.717, 1.165) is 0 Å². The third kappa shape index (κ3) is 7.07. The fourth-order valence-electron chi connectivity index (χ4n) is 5.74. The molecule has 0 unspecified atom stereocenters. The van der Waals surface area contributed by atoms with Gasteiger partial charge in [-0.05, 0) is 49.2 Å². The summed E-state index contributed by atoms with van der Waals surface area (Å²) in [6.07, 6.45) is -3.00. The molecule has 2 aromatic carbocycles. The molecule has 2 fully saturated rings. The van der Waals surface area contributed by atoms with Gasteiger partial charge >= 0.3 is 6.29 Å². The van der Waals surface area contributed by atoms with E-state index in [0.29, 0.717) is 50.1 Å². The second-order valence-corrected chi connectivity index (χ2v) is 11.6. The van der Waals surface area contributed by atoms with Crippen LogP contribution in [-0.2, 0) is 4.79 Å². The van der Waals surface area contributed by atoms with Crippen LogP contribution >= 0.6 is 0 Å². The minimum atomic E-state index is -3.78. The Morgan fingerprint density at radius 1 is 0.891 bits per heavy atom. The first-order valence-electron chi connectivity index (χ1n) is 14.7. The monoisotopic (exact) mass is 640 g/mol. The van der Waals surface area contributed by atoms with Crippen molar-refractivity contribution in [2.24, 2.45) is 17.2 Å². The number of nitrogens with one attached hydrogen (secondary N) is 2. The Labute approximate surface area is 262 Å². The van der Waals surface area contributed by atoms with Gasteiger partial charge in [0.15, 0.2) is 17.3 Å². The number of nitrogens with two attached hydrogens (primary N) is 3. The van der Waals surface area contributed by atoms with Gasteiger partial charge in [-0.3, -0.25) is 9.59 Å².